The molecule has 0 bridgehead atoms. The van der Waals surface area contributed by atoms with Crippen molar-refractivity contribution in [3.05, 3.63) is 95.1 Å². The van der Waals surface area contributed by atoms with Crippen LogP contribution in [0.4, 0.5) is 5.82 Å². The van der Waals surface area contributed by atoms with Crippen molar-refractivity contribution in [3.8, 4) is 11.5 Å². The summed E-state index contributed by atoms with van der Waals surface area (Å²) in [5.41, 5.74) is 1.92. The van der Waals surface area contributed by atoms with Crippen molar-refractivity contribution in [3.63, 3.8) is 0 Å². The van der Waals surface area contributed by atoms with Crippen molar-refractivity contribution in [2.75, 3.05) is 12.0 Å². The van der Waals surface area contributed by atoms with Crippen LogP contribution in [0.5, 0.6) is 11.5 Å². The number of carboxylic acids is 1. The Balaban J connectivity index is 1.59. The first-order valence-electron chi connectivity index (χ1n) is 10.4. The zero-order valence-electron chi connectivity index (χ0n) is 18.0. The van der Waals surface area contributed by atoms with E-state index in [9.17, 15) is 19.5 Å². The average molecular weight is 454 g/mol. The number of carbonyl (C=O) groups excluding carboxylic acids is 2. The molecule has 0 saturated carbocycles. The number of aromatic carboxylic acids is 1. The summed E-state index contributed by atoms with van der Waals surface area (Å²) in [5, 5.41) is 9.85. The molecule has 0 atom stereocenters. The number of ether oxygens (including phenoxy) is 2. The standard InChI is InChI=1S/C26H18N2O6/c1-33-18-9-6-15(7-10-18)14-34-22-13-17-12-16(26(31)32)8-11-21(17)27-23(22)28-24(29)19-4-2-3-5-20(19)25(28)30/h2-13H,14H2,1H3,(H,31,32). The van der Waals surface area contributed by atoms with E-state index in [4.69, 9.17) is 9.47 Å². The van der Waals surface area contributed by atoms with Crippen LogP contribution in [-0.2, 0) is 6.61 Å². The minimum absolute atomic E-state index is 0.0512. The first-order chi connectivity index (χ1) is 16.5. The Hall–Kier alpha value is -4.72. The Labute approximate surface area is 194 Å². The minimum Gasteiger partial charge on any atom is -0.497 e. The summed E-state index contributed by atoms with van der Waals surface area (Å²) in [6.45, 7) is 0.131. The summed E-state index contributed by atoms with van der Waals surface area (Å²) in [7, 11) is 1.58. The molecule has 8 heteroatoms. The normalized spacial score (nSPS) is 12.7. The number of anilines is 1. The number of carboxylic acid groups (broad SMARTS) is 1. The fourth-order valence-electron chi connectivity index (χ4n) is 3.81. The first kappa shape index (κ1) is 21.1. The van der Waals surface area contributed by atoms with Gasteiger partial charge in [0.2, 0.25) is 0 Å². The number of imide groups is 1. The molecular formula is C26H18N2O6. The topological polar surface area (TPSA) is 106 Å². The lowest BCUT2D eigenvalue weighted by molar-refractivity contribution is 0.0696. The van der Waals surface area contributed by atoms with Gasteiger partial charge < -0.3 is 14.6 Å². The molecule has 1 aromatic heterocycles. The van der Waals surface area contributed by atoms with Gasteiger partial charge in [0, 0.05) is 5.39 Å². The molecule has 3 aromatic carbocycles. The van der Waals surface area contributed by atoms with Gasteiger partial charge in [0.25, 0.3) is 11.8 Å². The number of pyridine rings is 1. The van der Waals surface area contributed by atoms with E-state index < -0.39 is 17.8 Å². The molecule has 0 spiro atoms. The van der Waals surface area contributed by atoms with Gasteiger partial charge in [0.05, 0.1) is 29.3 Å². The second-order valence-corrected chi connectivity index (χ2v) is 7.65. The Morgan fingerprint density at radius 2 is 1.62 bits per heavy atom. The number of carbonyl (C=O) groups is 3. The number of nitrogens with zero attached hydrogens (tertiary/aromatic N) is 2. The van der Waals surface area contributed by atoms with Crippen LogP contribution in [-0.4, -0.2) is 35.0 Å². The van der Waals surface area contributed by atoms with Gasteiger partial charge in [-0.15, -0.1) is 0 Å². The fourth-order valence-corrected chi connectivity index (χ4v) is 3.81. The van der Waals surface area contributed by atoms with E-state index in [0.717, 1.165) is 10.5 Å². The quantitative estimate of drug-likeness (QED) is 0.433. The number of rotatable bonds is 6. The molecule has 2 amide bonds. The summed E-state index contributed by atoms with van der Waals surface area (Å²) in [4.78, 5) is 43.2. The van der Waals surface area contributed by atoms with E-state index in [1.807, 2.05) is 12.1 Å². The van der Waals surface area contributed by atoms with Gasteiger partial charge in [-0.05, 0) is 54.1 Å². The van der Waals surface area contributed by atoms with E-state index >= 15 is 0 Å². The molecule has 34 heavy (non-hydrogen) atoms. The maximum absolute atomic E-state index is 13.1. The molecule has 0 fully saturated rings. The van der Waals surface area contributed by atoms with E-state index in [-0.39, 0.29) is 34.9 Å². The van der Waals surface area contributed by atoms with Gasteiger partial charge >= 0.3 is 5.97 Å². The third-order valence-corrected chi connectivity index (χ3v) is 5.57. The summed E-state index contributed by atoms with van der Waals surface area (Å²) in [6.07, 6.45) is 0. The maximum atomic E-state index is 13.1. The Bertz CT molecular complexity index is 1430. The van der Waals surface area contributed by atoms with Crippen LogP contribution in [0.3, 0.4) is 0 Å². The van der Waals surface area contributed by atoms with E-state index in [0.29, 0.717) is 16.7 Å². The monoisotopic (exact) mass is 454 g/mol. The van der Waals surface area contributed by atoms with Crippen molar-refractivity contribution in [1.29, 1.82) is 0 Å². The predicted molar refractivity (Wildman–Crippen MR) is 124 cm³/mol. The molecule has 0 radical (unpaired) electrons. The van der Waals surface area contributed by atoms with Gasteiger partial charge in [0.15, 0.2) is 11.6 Å². The highest BCUT2D eigenvalue weighted by atomic mass is 16.5. The number of hydrogen-bond acceptors (Lipinski definition) is 6. The largest absolute Gasteiger partial charge is 0.497 e. The summed E-state index contributed by atoms with van der Waals surface area (Å²) >= 11 is 0. The second-order valence-electron chi connectivity index (χ2n) is 7.65. The van der Waals surface area contributed by atoms with Gasteiger partial charge in [0.1, 0.15) is 12.4 Å². The lowest BCUT2D eigenvalue weighted by Gasteiger charge is -2.18. The molecule has 4 aromatic rings. The third kappa shape index (κ3) is 3.61. The highest BCUT2D eigenvalue weighted by Gasteiger charge is 2.39. The molecule has 8 nitrogen and oxygen atoms in total. The molecule has 168 valence electrons. The van der Waals surface area contributed by atoms with E-state index in [1.54, 1.807) is 49.6 Å². The molecule has 0 unspecified atom stereocenters. The molecule has 0 aliphatic carbocycles. The molecule has 0 saturated heterocycles. The number of benzene rings is 3. The van der Waals surface area contributed by atoms with Crippen molar-refractivity contribution in [1.82, 2.24) is 4.98 Å². The maximum Gasteiger partial charge on any atom is 0.335 e. The Kier molecular flexibility index (Phi) is 5.18. The third-order valence-electron chi connectivity index (χ3n) is 5.57. The summed E-state index contributed by atoms with van der Waals surface area (Å²) in [6, 6.07) is 19.8. The van der Waals surface area contributed by atoms with Crippen LogP contribution in [0.2, 0.25) is 0 Å². The van der Waals surface area contributed by atoms with Crippen molar-refractivity contribution >= 4 is 34.5 Å². The van der Waals surface area contributed by atoms with Crippen LogP contribution in [0.25, 0.3) is 10.9 Å². The molecule has 5 rings (SSSR count). The highest BCUT2D eigenvalue weighted by Crippen LogP contribution is 2.36. The van der Waals surface area contributed by atoms with Crippen LogP contribution in [0, 0.1) is 0 Å². The second kappa shape index (κ2) is 8.32. The predicted octanol–water partition coefficient (Wildman–Crippen LogP) is 4.32. The summed E-state index contributed by atoms with van der Waals surface area (Å²) < 4.78 is 11.2. The van der Waals surface area contributed by atoms with Crippen molar-refractivity contribution in [2.24, 2.45) is 0 Å². The lowest BCUT2D eigenvalue weighted by atomic mass is 10.1. The van der Waals surface area contributed by atoms with Gasteiger partial charge in [-0.3, -0.25) is 9.59 Å². The van der Waals surface area contributed by atoms with Gasteiger partial charge in [-0.1, -0.05) is 24.3 Å². The van der Waals surface area contributed by atoms with E-state index in [2.05, 4.69) is 4.98 Å². The van der Waals surface area contributed by atoms with Gasteiger partial charge in [-0.2, -0.15) is 0 Å². The number of methoxy groups -OCH3 is 1. The van der Waals surface area contributed by atoms with E-state index in [1.165, 1.54) is 18.2 Å². The zero-order valence-corrected chi connectivity index (χ0v) is 18.0. The molecule has 1 N–H and O–H groups in total. The van der Waals surface area contributed by atoms with Gasteiger partial charge in [-0.25, -0.2) is 14.7 Å². The Morgan fingerprint density at radius 1 is 0.941 bits per heavy atom. The number of hydrogen-bond donors (Lipinski definition) is 1. The smallest absolute Gasteiger partial charge is 0.335 e. The average Bonchev–Trinajstić information content (AvgIpc) is 3.12. The number of aromatic nitrogens is 1. The molecule has 1 aliphatic rings. The fraction of sp³-hybridized carbons (Fsp3) is 0.0769. The Morgan fingerprint density at radius 3 is 2.24 bits per heavy atom. The van der Waals surface area contributed by atoms with Crippen LogP contribution in [0.1, 0.15) is 36.6 Å². The molecule has 2 heterocycles. The van der Waals surface area contributed by atoms with Crippen LogP contribution < -0.4 is 14.4 Å². The molecule has 1 aliphatic heterocycles. The zero-order chi connectivity index (χ0) is 23.8. The SMILES string of the molecule is COc1ccc(COc2cc3cc(C(=O)O)ccc3nc2N2C(=O)c3ccccc3C2=O)cc1. The van der Waals surface area contributed by atoms with Crippen LogP contribution >= 0.6 is 0 Å². The summed E-state index contributed by atoms with van der Waals surface area (Å²) in [5.74, 6) is -1.14. The minimum atomic E-state index is -1.08. The van der Waals surface area contributed by atoms with Crippen molar-refractivity contribution in [2.45, 2.75) is 6.61 Å². The number of amides is 2. The number of fused-ring (bicyclic) bond motifs is 2. The molecular weight excluding hydrogens is 436 g/mol. The first-order valence-corrected chi connectivity index (χ1v) is 10.4. The van der Waals surface area contributed by atoms with Crippen molar-refractivity contribution < 1.29 is 29.0 Å². The van der Waals surface area contributed by atoms with Crippen LogP contribution in [0.15, 0.2) is 72.8 Å². The highest BCUT2D eigenvalue weighted by molar-refractivity contribution is 6.34. The lowest BCUT2D eigenvalue weighted by Crippen LogP contribution is -2.30.